The van der Waals surface area contributed by atoms with Gasteiger partial charge in [0.2, 0.25) is 0 Å². The fraction of sp³-hybridized carbons (Fsp3) is 0.333. The van der Waals surface area contributed by atoms with E-state index in [9.17, 15) is 0 Å². The first-order valence-corrected chi connectivity index (χ1v) is 8.63. The van der Waals surface area contributed by atoms with E-state index in [2.05, 4.69) is 68.5 Å². The lowest BCUT2D eigenvalue weighted by Gasteiger charge is -2.16. The molecule has 2 aromatic heterocycles. The number of halogens is 2. The maximum Gasteiger partial charge on any atom is 0.0701 e. The zero-order valence-corrected chi connectivity index (χ0v) is 14.4. The summed E-state index contributed by atoms with van der Waals surface area (Å²) in [6.45, 7) is 5.25. The predicted molar refractivity (Wildman–Crippen MR) is 84.3 cm³/mol. The molecule has 1 N–H and O–H groups in total. The summed E-state index contributed by atoms with van der Waals surface area (Å²) in [4.78, 5) is 2.69. The molecule has 2 aromatic rings. The van der Waals surface area contributed by atoms with E-state index in [1.165, 1.54) is 23.6 Å². The van der Waals surface area contributed by atoms with Crippen molar-refractivity contribution in [3.05, 3.63) is 41.1 Å². The summed E-state index contributed by atoms with van der Waals surface area (Å²) in [5, 5.41) is 5.76. The maximum atomic E-state index is 3.65. The van der Waals surface area contributed by atoms with E-state index in [1.54, 1.807) is 11.3 Å². The quantitative estimate of drug-likeness (QED) is 0.737. The average Bonchev–Trinajstić information content (AvgIpc) is 2.82. The second-order valence-corrected chi connectivity index (χ2v) is 8.18. The van der Waals surface area contributed by atoms with Crippen LogP contribution in [0.3, 0.4) is 0 Å². The molecule has 0 aliphatic rings. The fourth-order valence-electron chi connectivity index (χ4n) is 1.74. The lowest BCUT2D eigenvalue weighted by atomic mass is 10.1. The Bertz CT molecular complexity index is 504. The van der Waals surface area contributed by atoms with Crippen molar-refractivity contribution in [2.45, 2.75) is 19.9 Å². The zero-order valence-electron chi connectivity index (χ0n) is 9.59. The molecular formula is C12H13Br2NS2. The molecule has 0 aromatic carbocycles. The largest absolute Gasteiger partial charge is 0.306 e. The van der Waals surface area contributed by atoms with E-state index in [4.69, 9.17) is 0 Å². The Balaban J connectivity index is 2.38. The molecule has 92 valence electrons. The summed E-state index contributed by atoms with van der Waals surface area (Å²) in [5.74, 6) is 0. The molecule has 17 heavy (non-hydrogen) atoms. The summed E-state index contributed by atoms with van der Waals surface area (Å²) < 4.78 is 2.38. The normalized spacial score (nSPS) is 12.9. The Morgan fingerprint density at radius 1 is 1.35 bits per heavy atom. The first-order valence-electron chi connectivity index (χ1n) is 5.35. The molecule has 0 saturated carbocycles. The fourth-order valence-corrected chi connectivity index (χ4v) is 4.92. The number of rotatable bonds is 4. The summed E-state index contributed by atoms with van der Waals surface area (Å²) >= 11 is 10.8. The van der Waals surface area contributed by atoms with Gasteiger partial charge in [0.25, 0.3) is 0 Å². The Morgan fingerprint density at radius 2 is 2.12 bits per heavy atom. The molecule has 2 rings (SSSR count). The van der Waals surface area contributed by atoms with Crippen molar-refractivity contribution in [1.29, 1.82) is 0 Å². The van der Waals surface area contributed by atoms with Gasteiger partial charge in [-0.3, -0.25) is 0 Å². The number of hydrogen-bond donors (Lipinski definition) is 1. The molecule has 0 aliphatic heterocycles. The van der Waals surface area contributed by atoms with Gasteiger partial charge in [-0.05, 0) is 68.4 Å². The lowest BCUT2D eigenvalue weighted by molar-refractivity contribution is 0.639. The van der Waals surface area contributed by atoms with Crippen LogP contribution in [0.4, 0.5) is 0 Å². The smallest absolute Gasteiger partial charge is 0.0701 e. The van der Waals surface area contributed by atoms with Gasteiger partial charge in [-0.1, -0.05) is 6.92 Å². The van der Waals surface area contributed by atoms with Crippen LogP contribution in [0.2, 0.25) is 0 Å². The van der Waals surface area contributed by atoms with Crippen LogP contribution in [0.15, 0.2) is 25.8 Å². The number of nitrogens with one attached hydrogen (secondary N) is 1. The minimum Gasteiger partial charge on any atom is -0.306 e. The molecule has 1 atom stereocenters. The van der Waals surface area contributed by atoms with Gasteiger partial charge in [0.15, 0.2) is 0 Å². The lowest BCUT2D eigenvalue weighted by Crippen LogP contribution is -2.20. The molecule has 0 bridgehead atoms. The van der Waals surface area contributed by atoms with Crippen LogP contribution in [-0.2, 0) is 0 Å². The monoisotopic (exact) mass is 393 g/mol. The molecule has 0 radical (unpaired) electrons. The second-order valence-electron chi connectivity index (χ2n) is 3.74. The molecule has 0 amide bonds. The van der Waals surface area contributed by atoms with Crippen LogP contribution in [0.5, 0.6) is 0 Å². The van der Waals surface area contributed by atoms with Gasteiger partial charge in [0.05, 0.1) is 9.83 Å². The van der Waals surface area contributed by atoms with Crippen molar-refractivity contribution in [3.8, 4) is 0 Å². The van der Waals surface area contributed by atoms with E-state index < -0.39 is 0 Å². The van der Waals surface area contributed by atoms with Gasteiger partial charge in [-0.2, -0.15) is 0 Å². The molecule has 5 heteroatoms. The van der Waals surface area contributed by atoms with Gasteiger partial charge >= 0.3 is 0 Å². The third-order valence-electron chi connectivity index (χ3n) is 2.43. The van der Waals surface area contributed by atoms with E-state index in [0.717, 1.165) is 6.54 Å². The molecule has 2 heterocycles. The van der Waals surface area contributed by atoms with E-state index in [1.807, 2.05) is 11.3 Å². The summed E-state index contributed by atoms with van der Waals surface area (Å²) in [6.07, 6.45) is 0. The SMILES string of the molecule is CCNC(c1csc(Br)c1)c1sc(C)cc1Br. The van der Waals surface area contributed by atoms with Crippen LogP contribution in [0, 0.1) is 6.92 Å². The Kier molecular flexibility index (Phi) is 4.83. The predicted octanol–water partition coefficient (Wildman–Crippen LogP) is 5.34. The van der Waals surface area contributed by atoms with Crippen LogP contribution in [0.1, 0.15) is 28.3 Å². The third kappa shape index (κ3) is 3.20. The van der Waals surface area contributed by atoms with Gasteiger partial charge in [-0.15, -0.1) is 22.7 Å². The highest BCUT2D eigenvalue weighted by molar-refractivity contribution is 9.11. The van der Waals surface area contributed by atoms with Crippen LogP contribution in [0.25, 0.3) is 0 Å². The minimum atomic E-state index is 0.288. The standard InChI is InChI=1S/C12H13Br2NS2/c1-3-15-11(8-5-10(14)16-6-8)12-9(13)4-7(2)17-12/h4-6,11,15H,3H2,1-2H3. The topological polar surface area (TPSA) is 12.0 Å². The summed E-state index contributed by atoms with van der Waals surface area (Å²) in [6, 6.07) is 4.67. The number of hydrogen-bond acceptors (Lipinski definition) is 3. The Morgan fingerprint density at radius 3 is 2.59 bits per heavy atom. The molecule has 0 saturated heterocycles. The highest BCUT2D eigenvalue weighted by atomic mass is 79.9. The van der Waals surface area contributed by atoms with Gasteiger partial charge in [0.1, 0.15) is 0 Å². The van der Waals surface area contributed by atoms with Gasteiger partial charge in [0, 0.05) is 14.2 Å². The van der Waals surface area contributed by atoms with E-state index >= 15 is 0 Å². The summed E-state index contributed by atoms with van der Waals surface area (Å²) in [5.41, 5.74) is 1.33. The van der Waals surface area contributed by atoms with Crippen LogP contribution in [-0.4, -0.2) is 6.54 Å². The molecular weight excluding hydrogens is 382 g/mol. The van der Waals surface area contributed by atoms with Crippen LogP contribution < -0.4 is 5.32 Å². The van der Waals surface area contributed by atoms with E-state index in [-0.39, 0.29) is 6.04 Å². The molecule has 1 nitrogen and oxygen atoms in total. The van der Waals surface area contributed by atoms with Crippen molar-refractivity contribution in [2.24, 2.45) is 0 Å². The maximum absolute atomic E-state index is 3.65. The highest BCUT2D eigenvalue weighted by Gasteiger charge is 2.19. The molecule has 1 unspecified atom stereocenters. The van der Waals surface area contributed by atoms with Crippen molar-refractivity contribution >= 4 is 54.5 Å². The minimum absolute atomic E-state index is 0.288. The molecule has 0 aliphatic carbocycles. The third-order valence-corrected chi connectivity index (χ3v) is 5.98. The van der Waals surface area contributed by atoms with Gasteiger partial charge < -0.3 is 5.32 Å². The second kappa shape index (κ2) is 5.97. The van der Waals surface area contributed by atoms with Crippen molar-refractivity contribution in [2.75, 3.05) is 6.54 Å². The molecule has 0 spiro atoms. The first kappa shape index (κ1) is 13.7. The number of aryl methyl sites for hydroxylation is 1. The van der Waals surface area contributed by atoms with Gasteiger partial charge in [-0.25, -0.2) is 0 Å². The molecule has 0 fully saturated rings. The van der Waals surface area contributed by atoms with Crippen molar-refractivity contribution in [3.63, 3.8) is 0 Å². The Labute approximate surface area is 127 Å². The number of thiophene rings is 2. The van der Waals surface area contributed by atoms with Crippen LogP contribution >= 0.6 is 54.5 Å². The zero-order chi connectivity index (χ0) is 12.4. The highest BCUT2D eigenvalue weighted by Crippen LogP contribution is 2.37. The Hall–Kier alpha value is 0.320. The summed E-state index contributed by atoms with van der Waals surface area (Å²) in [7, 11) is 0. The average molecular weight is 395 g/mol. The van der Waals surface area contributed by atoms with E-state index in [0.29, 0.717) is 0 Å². The first-order chi connectivity index (χ1) is 8.11. The van der Waals surface area contributed by atoms with Crippen molar-refractivity contribution < 1.29 is 0 Å². The van der Waals surface area contributed by atoms with Crippen molar-refractivity contribution in [1.82, 2.24) is 5.32 Å².